The molecule has 1 unspecified atom stereocenters. The highest BCUT2D eigenvalue weighted by molar-refractivity contribution is 6.42. The standard InChI is InChI=1S/C13H16Cl2N2O/c14-11-2-1-10(5-12(11)15)13(18)8-17-4-3-9(6-16)7-17/h1-2,5,9H,3-4,6-8,16H2. The van der Waals surface area contributed by atoms with Gasteiger partial charge in [0.05, 0.1) is 16.6 Å². The lowest BCUT2D eigenvalue weighted by atomic mass is 10.1. The topological polar surface area (TPSA) is 46.3 Å². The molecule has 2 N–H and O–H groups in total. The van der Waals surface area contributed by atoms with Crippen molar-refractivity contribution in [1.29, 1.82) is 0 Å². The smallest absolute Gasteiger partial charge is 0.176 e. The van der Waals surface area contributed by atoms with Crippen molar-refractivity contribution >= 4 is 29.0 Å². The second-order valence-electron chi connectivity index (χ2n) is 4.68. The minimum absolute atomic E-state index is 0.0752. The second kappa shape index (κ2) is 6.02. The van der Waals surface area contributed by atoms with Gasteiger partial charge in [-0.2, -0.15) is 0 Å². The van der Waals surface area contributed by atoms with E-state index in [1.807, 2.05) is 0 Å². The van der Waals surface area contributed by atoms with Gasteiger partial charge in [-0.05, 0) is 43.6 Å². The fourth-order valence-electron chi connectivity index (χ4n) is 2.21. The third-order valence-corrected chi connectivity index (χ3v) is 4.05. The van der Waals surface area contributed by atoms with E-state index in [0.29, 0.717) is 34.6 Å². The molecule has 1 saturated heterocycles. The highest BCUT2D eigenvalue weighted by atomic mass is 35.5. The van der Waals surface area contributed by atoms with E-state index in [4.69, 9.17) is 28.9 Å². The number of ketones is 1. The van der Waals surface area contributed by atoms with E-state index in [0.717, 1.165) is 19.5 Å². The Kier molecular flexibility index (Phi) is 4.62. The number of Topliss-reactive ketones (excluding diaryl/α,β-unsaturated/α-hetero) is 1. The molecular formula is C13H16Cl2N2O. The zero-order valence-corrected chi connectivity index (χ0v) is 11.5. The molecule has 0 saturated carbocycles. The van der Waals surface area contributed by atoms with Gasteiger partial charge in [0.1, 0.15) is 0 Å². The highest BCUT2D eigenvalue weighted by Gasteiger charge is 2.23. The van der Waals surface area contributed by atoms with Gasteiger partial charge >= 0.3 is 0 Å². The highest BCUT2D eigenvalue weighted by Crippen LogP contribution is 2.23. The predicted octanol–water partition coefficient (Wildman–Crippen LogP) is 2.46. The fraction of sp³-hybridized carbons (Fsp3) is 0.462. The van der Waals surface area contributed by atoms with Crippen LogP contribution in [0.4, 0.5) is 0 Å². The maximum Gasteiger partial charge on any atom is 0.176 e. The van der Waals surface area contributed by atoms with E-state index in [1.165, 1.54) is 0 Å². The second-order valence-corrected chi connectivity index (χ2v) is 5.49. The van der Waals surface area contributed by atoms with Crippen molar-refractivity contribution in [1.82, 2.24) is 4.90 Å². The molecule has 1 atom stereocenters. The first kappa shape index (κ1) is 13.8. The van der Waals surface area contributed by atoms with Crippen molar-refractivity contribution in [3.8, 4) is 0 Å². The summed E-state index contributed by atoms with van der Waals surface area (Å²) < 4.78 is 0. The summed E-state index contributed by atoms with van der Waals surface area (Å²) in [5, 5.41) is 0.890. The van der Waals surface area contributed by atoms with Crippen LogP contribution in [0.1, 0.15) is 16.8 Å². The van der Waals surface area contributed by atoms with Gasteiger partial charge in [-0.3, -0.25) is 9.69 Å². The van der Waals surface area contributed by atoms with Crippen LogP contribution in [0.2, 0.25) is 10.0 Å². The number of benzene rings is 1. The normalized spacial score (nSPS) is 20.3. The maximum absolute atomic E-state index is 12.1. The monoisotopic (exact) mass is 286 g/mol. The lowest BCUT2D eigenvalue weighted by Gasteiger charge is -2.14. The Morgan fingerprint density at radius 2 is 2.17 bits per heavy atom. The molecule has 0 bridgehead atoms. The molecule has 0 spiro atoms. The molecule has 0 radical (unpaired) electrons. The Balaban J connectivity index is 1.97. The molecule has 1 aromatic carbocycles. The van der Waals surface area contributed by atoms with Crippen LogP contribution in [-0.4, -0.2) is 36.9 Å². The Labute approximate surface area is 117 Å². The third kappa shape index (κ3) is 3.23. The zero-order chi connectivity index (χ0) is 13.1. The van der Waals surface area contributed by atoms with Crippen molar-refractivity contribution in [3.05, 3.63) is 33.8 Å². The van der Waals surface area contributed by atoms with Gasteiger partial charge in [0.15, 0.2) is 5.78 Å². The Hall–Kier alpha value is -0.610. The molecule has 1 aliphatic rings. The summed E-state index contributed by atoms with van der Waals surface area (Å²) in [5.41, 5.74) is 6.24. The van der Waals surface area contributed by atoms with Crippen molar-refractivity contribution in [3.63, 3.8) is 0 Å². The lowest BCUT2D eigenvalue weighted by molar-refractivity contribution is 0.0943. The van der Waals surface area contributed by atoms with Crippen LogP contribution in [0.25, 0.3) is 0 Å². The van der Waals surface area contributed by atoms with Crippen molar-refractivity contribution in [2.24, 2.45) is 11.7 Å². The summed E-state index contributed by atoms with van der Waals surface area (Å²) in [5.74, 6) is 0.595. The summed E-state index contributed by atoms with van der Waals surface area (Å²) in [6, 6.07) is 5.00. The van der Waals surface area contributed by atoms with E-state index in [2.05, 4.69) is 4.90 Å². The van der Waals surface area contributed by atoms with Crippen LogP contribution >= 0.6 is 23.2 Å². The molecule has 0 aromatic heterocycles. The minimum atomic E-state index is 0.0752. The Bertz CT molecular complexity index is 451. The van der Waals surface area contributed by atoms with E-state index in [1.54, 1.807) is 18.2 Å². The van der Waals surface area contributed by atoms with Gasteiger partial charge in [0, 0.05) is 12.1 Å². The number of carbonyl (C=O) groups is 1. The molecule has 1 aliphatic heterocycles. The zero-order valence-electron chi connectivity index (χ0n) is 10.0. The van der Waals surface area contributed by atoms with Crippen LogP contribution in [0.3, 0.4) is 0 Å². The van der Waals surface area contributed by atoms with Crippen LogP contribution < -0.4 is 5.73 Å². The summed E-state index contributed by atoms with van der Waals surface area (Å²) in [6.07, 6.45) is 1.07. The molecular weight excluding hydrogens is 271 g/mol. The van der Waals surface area contributed by atoms with Crippen LogP contribution in [0.5, 0.6) is 0 Å². The number of halogens is 2. The molecule has 1 aromatic rings. The van der Waals surface area contributed by atoms with E-state index < -0.39 is 0 Å². The number of nitrogens with two attached hydrogens (primary N) is 1. The number of rotatable bonds is 4. The van der Waals surface area contributed by atoms with Gasteiger partial charge < -0.3 is 5.73 Å². The number of hydrogen-bond donors (Lipinski definition) is 1. The van der Waals surface area contributed by atoms with Crippen LogP contribution in [-0.2, 0) is 0 Å². The quantitative estimate of drug-likeness (QED) is 0.865. The molecule has 3 nitrogen and oxygen atoms in total. The summed E-state index contributed by atoms with van der Waals surface area (Å²) in [6.45, 7) is 2.96. The molecule has 0 amide bonds. The fourth-order valence-corrected chi connectivity index (χ4v) is 2.51. The van der Waals surface area contributed by atoms with Gasteiger partial charge in [-0.15, -0.1) is 0 Å². The van der Waals surface area contributed by atoms with E-state index >= 15 is 0 Å². The SMILES string of the molecule is NCC1CCN(CC(=O)c2ccc(Cl)c(Cl)c2)C1. The Morgan fingerprint density at radius 3 is 2.78 bits per heavy atom. The van der Waals surface area contributed by atoms with Gasteiger partial charge in [0.25, 0.3) is 0 Å². The molecule has 0 aliphatic carbocycles. The third-order valence-electron chi connectivity index (χ3n) is 3.31. The first-order valence-electron chi connectivity index (χ1n) is 6.01. The largest absolute Gasteiger partial charge is 0.330 e. The summed E-state index contributed by atoms with van der Waals surface area (Å²) >= 11 is 11.7. The first-order valence-corrected chi connectivity index (χ1v) is 6.76. The molecule has 1 heterocycles. The van der Waals surface area contributed by atoms with Crippen LogP contribution in [0.15, 0.2) is 18.2 Å². The van der Waals surface area contributed by atoms with Gasteiger partial charge in [-0.1, -0.05) is 23.2 Å². The number of nitrogens with zero attached hydrogens (tertiary/aromatic N) is 1. The number of hydrogen-bond acceptors (Lipinski definition) is 3. The molecule has 98 valence electrons. The lowest BCUT2D eigenvalue weighted by Crippen LogP contribution is -2.29. The van der Waals surface area contributed by atoms with Gasteiger partial charge in [0.2, 0.25) is 0 Å². The minimum Gasteiger partial charge on any atom is -0.330 e. The summed E-state index contributed by atoms with van der Waals surface area (Å²) in [4.78, 5) is 14.2. The molecule has 18 heavy (non-hydrogen) atoms. The average Bonchev–Trinajstić information content (AvgIpc) is 2.80. The molecule has 1 fully saturated rings. The van der Waals surface area contributed by atoms with Gasteiger partial charge in [-0.25, -0.2) is 0 Å². The van der Waals surface area contributed by atoms with Crippen molar-refractivity contribution in [2.45, 2.75) is 6.42 Å². The van der Waals surface area contributed by atoms with Crippen LogP contribution in [0, 0.1) is 5.92 Å². The number of likely N-dealkylation sites (tertiary alicyclic amines) is 1. The van der Waals surface area contributed by atoms with Crippen molar-refractivity contribution < 1.29 is 4.79 Å². The van der Waals surface area contributed by atoms with E-state index in [-0.39, 0.29) is 5.78 Å². The predicted molar refractivity (Wildman–Crippen MR) is 74.4 cm³/mol. The number of carbonyl (C=O) groups excluding carboxylic acids is 1. The summed E-state index contributed by atoms with van der Waals surface area (Å²) in [7, 11) is 0. The Morgan fingerprint density at radius 1 is 1.39 bits per heavy atom. The van der Waals surface area contributed by atoms with Crippen molar-refractivity contribution in [2.75, 3.05) is 26.2 Å². The molecule has 5 heteroatoms. The average molecular weight is 287 g/mol. The maximum atomic E-state index is 12.1. The molecule has 2 rings (SSSR count). The van der Waals surface area contributed by atoms with E-state index in [9.17, 15) is 4.79 Å². The first-order chi connectivity index (χ1) is 8.60.